The van der Waals surface area contributed by atoms with Gasteiger partial charge in [0.25, 0.3) is 5.91 Å². The number of likely N-dealkylation sites (N-methyl/N-ethyl adjacent to an activating group) is 1. The lowest BCUT2D eigenvalue weighted by Gasteiger charge is -2.36. The molecular formula is C29H46N6O5S. The van der Waals surface area contributed by atoms with Gasteiger partial charge in [-0.3, -0.25) is 19.2 Å². The summed E-state index contributed by atoms with van der Waals surface area (Å²) in [5.41, 5.74) is 4.25. The molecule has 0 aliphatic carbocycles. The molecule has 1 fully saturated rings. The quantitative estimate of drug-likeness (QED) is 0.215. The van der Waals surface area contributed by atoms with Crippen molar-refractivity contribution in [2.75, 3.05) is 26.7 Å². The standard InChI is InChI=1S/C29H46N6O5S/c1-28(2,3)16-19(18-34(7)41-20-12-9-8-10-13-20)32-27(40)33-23(29(4,5)6)26(39)35-15-11-14-21(35)25(38)31-17-22(36)24(30)37/h8-10,12-13,19,21,23H,11,14-18H2,1-7H3,(H2,30,37)(H,31,38)(H2,32,33,40). The number of carbonyl (C=O) groups is 5. The minimum atomic E-state index is -1.14. The number of nitrogens with zero attached hydrogens (tertiary/aromatic N) is 2. The van der Waals surface area contributed by atoms with Crippen molar-refractivity contribution in [3.63, 3.8) is 0 Å². The summed E-state index contributed by atoms with van der Waals surface area (Å²) in [6.07, 6.45) is 1.72. The molecule has 41 heavy (non-hydrogen) atoms. The van der Waals surface area contributed by atoms with Gasteiger partial charge in [-0.1, -0.05) is 59.7 Å². The van der Waals surface area contributed by atoms with Gasteiger partial charge in [0.1, 0.15) is 12.1 Å². The summed E-state index contributed by atoms with van der Waals surface area (Å²) in [6, 6.07) is 7.61. The number of hydrogen-bond acceptors (Lipinski definition) is 7. The zero-order valence-electron chi connectivity index (χ0n) is 25.3. The fourth-order valence-electron chi connectivity index (χ4n) is 4.76. The first-order chi connectivity index (χ1) is 19.0. The largest absolute Gasteiger partial charge is 0.363 e. The number of nitrogens with one attached hydrogen (secondary N) is 3. The second kappa shape index (κ2) is 14.7. The molecule has 1 aromatic rings. The number of amides is 5. The zero-order valence-corrected chi connectivity index (χ0v) is 26.1. The molecule has 12 heteroatoms. The van der Waals surface area contributed by atoms with Crippen LogP contribution in [0.15, 0.2) is 35.2 Å². The zero-order chi connectivity index (χ0) is 31.0. The third-order valence-electron chi connectivity index (χ3n) is 6.60. The van der Waals surface area contributed by atoms with E-state index >= 15 is 0 Å². The average Bonchev–Trinajstić information content (AvgIpc) is 3.34. The van der Waals surface area contributed by atoms with E-state index in [4.69, 9.17) is 5.73 Å². The predicted octanol–water partition coefficient (Wildman–Crippen LogP) is 2.31. The molecule has 0 radical (unpaired) electrons. The maximum Gasteiger partial charge on any atom is 0.315 e. The Labute approximate surface area is 247 Å². The van der Waals surface area contributed by atoms with Crippen molar-refractivity contribution < 1.29 is 24.0 Å². The first kappa shape index (κ1) is 34.1. The second-order valence-corrected chi connectivity index (χ2v) is 14.1. The molecule has 2 rings (SSSR count). The summed E-state index contributed by atoms with van der Waals surface area (Å²) in [6.45, 7) is 12.3. The fourth-order valence-corrected chi connectivity index (χ4v) is 5.65. The summed E-state index contributed by atoms with van der Waals surface area (Å²) >= 11 is 1.59. The van der Waals surface area contributed by atoms with Crippen molar-refractivity contribution in [2.45, 2.75) is 83.8 Å². The molecule has 5 N–H and O–H groups in total. The van der Waals surface area contributed by atoms with Crippen LogP contribution in [0.2, 0.25) is 0 Å². The molecule has 3 unspecified atom stereocenters. The van der Waals surface area contributed by atoms with Crippen LogP contribution >= 0.6 is 11.9 Å². The summed E-state index contributed by atoms with van der Waals surface area (Å²) in [5.74, 6) is -2.97. The number of Topliss-reactive ketones (excluding diaryl/α,β-unsaturated/α-hetero) is 1. The molecule has 11 nitrogen and oxygen atoms in total. The number of primary amides is 1. The number of hydrogen-bond donors (Lipinski definition) is 4. The van der Waals surface area contributed by atoms with Crippen LogP contribution in [0.4, 0.5) is 4.79 Å². The monoisotopic (exact) mass is 590 g/mol. The molecule has 1 saturated heterocycles. The van der Waals surface area contributed by atoms with Crippen molar-refractivity contribution in [2.24, 2.45) is 16.6 Å². The van der Waals surface area contributed by atoms with E-state index in [2.05, 4.69) is 41.0 Å². The minimum absolute atomic E-state index is 0.0541. The Morgan fingerprint density at radius 2 is 1.68 bits per heavy atom. The molecule has 3 atom stereocenters. The van der Waals surface area contributed by atoms with Crippen LogP contribution in [0.25, 0.3) is 0 Å². The molecule has 0 saturated carbocycles. The van der Waals surface area contributed by atoms with E-state index in [9.17, 15) is 24.0 Å². The van der Waals surface area contributed by atoms with Crippen LogP contribution in [0.3, 0.4) is 0 Å². The lowest BCUT2D eigenvalue weighted by molar-refractivity contribution is -0.142. The van der Waals surface area contributed by atoms with Gasteiger partial charge in [-0.15, -0.1) is 0 Å². The topological polar surface area (TPSA) is 154 Å². The second-order valence-electron chi connectivity index (χ2n) is 12.8. The first-order valence-electron chi connectivity index (χ1n) is 13.9. The number of ketones is 1. The van der Waals surface area contributed by atoms with Gasteiger partial charge in [-0.25, -0.2) is 9.10 Å². The van der Waals surface area contributed by atoms with E-state index < -0.39 is 47.7 Å². The van der Waals surface area contributed by atoms with Gasteiger partial charge in [0.2, 0.25) is 17.6 Å². The Morgan fingerprint density at radius 3 is 2.24 bits per heavy atom. The van der Waals surface area contributed by atoms with Gasteiger partial charge in [-0.05, 0) is 61.2 Å². The van der Waals surface area contributed by atoms with Crippen molar-refractivity contribution in [3.05, 3.63) is 30.3 Å². The normalized spacial score (nSPS) is 17.1. The molecule has 0 spiro atoms. The van der Waals surface area contributed by atoms with E-state index in [1.807, 2.05) is 58.2 Å². The van der Waals surface area contributed by atoms with E-state index in [0.717, 1.165) is 4.90 Å². The number of carbonyl (C=O) groups excluding carboxylic acids is 5. The van der Waals surface area contributed by atoms with Crippen LogP contribution in [0, 0.1) is 10.8 Å². The highest BCUT2D eigenvalue weighted by Crippen LogP contribution is 2.27. The van der Waals surface area contributed by atoms with Gasteiger partial charge in [0.05, 0.1) is 6.54 Å². The van der Waals surface area contributed by atoms with Gasteiger partial charge in [-0.2, -0.15) is 0 Å². The first-order valence-corrected chi connectivity index (χ1v) is 14.7. The average molecular weight is 591 g/mol. The Bertz CT molecular complexity index is 1090. The summed E-state index contributed by atoms with van der Waals surface area (Å²) in [5, 5.41) is 8.37. The summed E-state index contributed by atoms with van der Waals surface area (Å²) < 4.78 is 2.08. The molecule has 1 aliphatic rings. The van der Waals surface area contributed by atoms with Gasteiger partial charge >= 0.3 is 6.03 Å². The predicted molar refractivity (Wildman–Crippen MR) is 160 cm³/mol. The van der Waals surface area contributed by atoms with Gasteiger partial charge < -0.3 is 26.6 Å². The number of nitrogens with two attached hydrogens (primary N) is 1. The number of likely N-dealkylation sites (tertiary alicyclic amines) is 1. The summed E-state index contributed by atoms with van der Waals surface area (Å²) in [7, 11) is 1.98. The molecule has 1 aromatic carbocycles. The van der Waals surface area contributed by atoms with Gasteiger partial charge in [0, 0.05) is 24.0 Å². The lowest BCUT2D eigenvalue weighted by atomic mass is 9.85. The highest BCUT2D eigenvalue weighted by molar-refractivity contribution is 7.97. The molecule has 0 bridgehead atoms. The minimum Gasteiger partial charge on any atom is -0.363 e. The number of benzene rings is 1. The van der Waals surface area contributed by atoms with Gasteiger partial charge in [0.15, 0.2) is 0 Å². The van der Waals surface area contributed by atoms with Crippen molar-refractivity contribution >= 4 is 41.5 Å². The summed E-state index contributed by atoms with van der Waals surface area (Å²) in [4.78, 5) is 64.9. The van der Waals surface area contributed by atoms with Crippen LogP contribution < -0.4 is 21.7 Å². The third-order valence-corrected chi connectivity index (χ3v) is 7.54. The van der Waals surface area contributed by atoms with E-state index in [1.54, 1.807) is 11.9 Å². The molecular weight excluding hydrogens is 544 g/mol. The maximum atomic E-state index is 13.7. The number of urea groups is 1. The Morgan fingerprint density at radius 1 is 1.05 bits per heavy atom. The van der Waals surface area contributed by atoms with Crippen LogP contribution in [-0.2, 0) is 19.2 Å². The Kier molecular flexibility index (Phi) is 12.2. The Balaban J connectivity index is 2.12. The van der Waals surface area contributed by atoms with Crippen LogP contribution in [0.5, 0.6) is 0 Å². The van der Waals surface area contributed by atoms with E-state index in [1.165, 1.54) is 4.90 Å². The molecule has 1 aliphatic heterocycles. The van der Waals surface area contributed by atoms with Crippen molar-refractivity contribution in [3.8, 4) is 0 Å². The van der Waals surface area contributed by atoms with E-state index in [-0.39, 0.29) is 17.4 Å². The number of rotatable bonds is 12. The SMILES string of the molecule is CN(CC(CC(C)(C)C)NC(=O)NC(C(=O)N1CCCC1C(=O)NCC(=O)C(N)=O)C(C)(C)C)Sc1ccccc1. The van der Waals surface area contributed by atoms with Crippen molar-refractivity contribution in [1.82, 2.24) is 25.2 Å². The third kappa shape index (κ3) is 11.3. The van der Waals surface area contributed by atoms with Crippen molar-refractivity contribution in [1.29, 1.82) is 0 Å². The molecule has 5 amide bonds. The maximum absolute atomic E-state index is 13.7. The molecule has 228 valence electrons. The fraction of sp³-hybridized carbons (Fsp3) is 0.621. The van der Waals surface area contributed by atoms with E-state index in [0.29, 0.717) is 32.4 Å². The molecule has 0 aromatic heterocycles. The highest BCUT2D eigenvalue weighted by Gasteiger charge is 2.42. The molecule has 1 heterocycles. The highest BCUT2D eigenvalue weighted by atomic mass is 32.2. The van der Waals surface area contributed by atoms with Crippen LogP contribution in [0.1, 0.15) is 60.8 Å². The lowest BCUT2D eigenvalue weighted by Crippen LogP contribution is -2.60. The van der Waals surface area contributed by atoms with Crippen LogP contribution in [-0.4, -0.2) is 83.5 Å². The Hall–Kier alpha value is -3.12. The smallest absolute Gasteiger partial charge is 0.315 e.